The van der Waals surface area contributed by atoms with Gasteiger partial charge in [0.1, 0.15) is 5.60 Å². The van der Waals surface area contributed by atoms with Crippen molar-refractivity contribution in [1.29, 1.82) is 0 Å². The number of nitrogens with one attached hydrogen (secondary N) is 1. The second kappa shape index (κ2) is 6.27. The number of likely N-dealkylation sites (tertiary alicyclic amines) is 1. The van der Waals surface area contributed by atoms with Crippen molar-refractivity contribution in [3.63, 3.8) is 0 Å². The molecule has 0 aromatic carbocycles. The Balaban J connectivity index is 2.22. The first-order valence-corrected chi connectivity index (χ1v) is 6.66. The van der Waals surface area contributed by atoms with E-state index in [2.05, 4.69) is 5.32 Å². The van der Waals surface area contributed by atoms with E-state index in [-0.39, 0.29) is 11.8 Å². The molecule has 0 aromatic heterocycles. The first-order valence-electron chi connectivity index (χ1n) is 6.12. The van der Waals surface area contributed by atoms with Gasteiger partial charge in [-0.05, 0) is 26.7 Å². The van der Waals surface area contributed by atoms with E-state index in [4.69, 9.17) is 16.3 Å². The Kier molecular flexibility index (Phi) is 5.26. The van der Waals surface area contributed by atoms with Gasteiger partial charge in [-0.15, -0.1) is 11.6 Å². The van der Waals surface area contributed by atoms with Crippen LogP contribution in [0.5, 0.6) is 0 Å². The van der Waals surface area contributed by atoms with Crippen LogP contribution in [-0.4, -0.2) is 48.0 Å². The van der Waals surface area contributed by atoms with E-state index in [0.29, 0.717) is 31.9 Å². The molecule has 1 atom stereocenters. The van der Waals surface area contributed by atoms with Crippen LogP contribution < -0.4 is 5.32 Å². The molecule has 1 N–H and O–H groups in total. The highest BCUT2D eigenvalue weighted by Crippen LogP contribution is 2.18. The quantitative estimate of drug-likeness (QED) is 0.794. The summed E-state index contributed by atoms with van der Waals surface area (Å²) in [5.41, 5.74) is -0.503. The first-order chi connectivity index (χ1) is 8.31. The zero-order valence-corrected chi connectivity index (χ0v) is 11.9. The number of alkyl halides is 1. The maximum Gasteiger partial charge on any atom is 0.407 e. The van der Waals surface area contributed by atoms with Gasteiger partial charge in [-0.2, -0.15) is 0 Å². The zero-order chi connectivity index (χ0) is 13.8. The lowest BCUT2D eigenvalue weighted by molar-refractivity contribution is -0.127. The monoisotopic (exact) mass is 276 g/mol. The Morgan fingerprint density at radius 3 is 2.72 bits per heavy atom. The molecule has 1 aliphatic rings. The maximum atomic E-state index is 11.6. The van der Waals surface area contributed by atoms with Gasteiger partial charge in [0.15, 0.2) is 0 Å². The molecule has 2 amide bonds. The van der Waals surface area contributed by atoms with Crippen LogP contribution in [0.2, 0.25) is 0 Å². The average Bonchev–Trinajstić information content (AvgIpc) is 2.57. The summed E-state index contributed by atoms with van der Waals surface area (Å²) >= 11 is 5.73. The highest BCUT2D eigenvalue weighted by molar-refractivity contribution is 6.18. The lowest BCUT2D eigenvalue weighted by atomic mass is 10.2. The highest BCUT2D eigenvalue weighted by Gasteiger charge is 2.28. The topological polar surface area (TPSA) is 58.6 Å². The van der Waals surface area contributed by atoms with Crippen LogP contribution in [0.15, 0.2) is 0 Å². The van der Waals surface area contributed by atoms with Gasteiger partial charge < -0.3 is 15.0 Å². The van der Waals surface area contributed by atoms with Gasteiger partial charge in [-0.3, -0.25) is 4.79 Å². The summed E-state index contributed by atoms with van der Waals surface area (Å²) in [6.07, 6.45) is 0.0543. The summed E-state index contributed by atoms with van der Waals surface area (Å²) < 4.78 is 5.10. The SMILES string of the molecule is CC(C)(C)OC(=O)NCCN1CC(CCl)CC1=O. The van der Waals surface area contributed by atoms with E-state index in [1.807, 2.05) is 20.8 Å². The summed E-state index contributed by atoms with van der Waals surface area (Å²) in [4.78, 5) is 24.7. The van der Waals surface area contributed by atoms with E-state index in [0.717, 1.165) is 0 Å². The fourth-order valence-corrected chi connectivity index (χ4v) is 1.99. The third kappa shape index (κ3) is 5.12. The lowest BCUT2D eigenvalue weighted by Crippen LogP contribution is -2.38. The Morgan fingerprint density at radius 1 is 1.56 bits per heavy atom. The molecule has 0 spiro atoms. The molecule has 1 unspecified atom stereocenters. The number of alkyl carbamates (subject to hydrolysis) is 1. The fourth-order valence-electron chi connectivity index (χ4n) is 1.78. The molecule has 0 aliphatic carbocycles. The number of amides is 2. The smallest absolute Gasteiger partial charge is 0.407 e. The standard InChI is InChI=1S/C12H21ClN2O3/c1-12(2,3)18-11(17)14-4-5-15-8-9(7-13)6-10(15)16/h9H,4-8H2,1-3H3,(H,14,17). The minimum absolute atomic E-state index is 0.103. The zero-order valence-electron chi connectivity index (χ0n) is 11.2. The summed E-state index contributed by atoms with van der Waals surface area (Å²) in [7, 11) is 0. The maximum absolute atomic E-state index is 11.6. The molecule has 5 nitrogen and oxygen atoms in total. The predicted molar refractivity (Wildman–Crippen MR) is 69.6 cm³/mol. The van der Waals surface area contributed by atoms with Crippen molar-refractivity contribution in [2.75, 3.05) is 25.5 Å². The van der Waals surface area contributed by atoms with Gasteiger partial charge in [0.2, 0.25) is 5.91 Å². The molecule has 1 saturated heterocycles. The molecule has 1 fully saturated rings. The Hall–Kier alpha value is -0.970. The minimum atomic E-state index is -0.503. The van der Waals surface area contributed by atoms with Crippen molar-refractivity contribution in [2.45, 2.75) is 32.8 Å². The van der Waals surface area contributed by atoms with Gasteiger partial charge in [-0.1, -0.05) is 0 Å². The Labute approximate surface area is 113 Å². The number of rotatable bonds is 4. The van der Waals surface area contributed by atoms with E-state index < -0.39 is 11.7 Å². The van der Waals surface area contributed by atoms with Crippen LogP contribution in [0.1, 0.15) is 27.2 Å². The average molecular weight is 277 g/mol. The van der Waals surface area contributed by atoms with Gasteiger partial charge >= 0.3 is 6.09 Å². The third-order valence-electron chi connectivity index (χ3n) is 2.56. The van der Waals surface area contributed by atoms with Crippen molar-refractivity contribution >= 4 is 23.6 Å². The summed E-state index contributed by atoms with van der Waals surface area (Å²) in [5, 5.41) is 2.63. The number of carbonyl (C=O) groups is 2. The summed E-state index contributed by atoms with van der Waals surface area (Å²) in [6, 6.07) is 0. The normalized spacial score (nSPS) is 20.1. The van der Waals surface area contributed by atoms with Crippen molar-refractivity contribution in [3.8, 4) is 0 Å². The number of halogens is 1. The van der Waals surface area contributed by atoms with E-state index in [9.17, 15) is 9.59 Å². The molecule has 0 bridgehead atoms. The molecule has 104 valence electrons. The second-order valence-corrected chi connectivity index (χ2v) is 5.80. The van der Waals surface area contributed by atoms with Crippen LogP contribution in [0.3, 0.4) is 0 Å². The molecular formula is C12H21ClN2O3. The number of hydrogen-bond acceptors (Lipinski definition) is 3. The van der Waals surface area contributed by atoms with Gasteiger partial charge in [0.25, 0.3) is 0 Å². The van der Waals surface area contributed by atoms with Crippen molar-refractivity contribution < 1.29 is 14.3 Å². The molecule has 6 heteroatoms. The molecule has 1 heterocycles. The molecule has 0 saturated carbocycles. The summed E-state index contributed by atoms with van der Waals surface area (Å²) in [6.45, 7) is 7.00. The summed E-state index contributed by atoms with van der Waals surface area (Å²) in [5.74, 6) is 0.842. The lowest BCUT2D eigenvalue weighted by Gasteiger charge is -2.21. The minimum Gasteiger partial charge on any atom is -0.444 e. The molecule has 0 radical (unpaired) electrons. The van der Waals surface area contributed by atoms with Crippen LogP contribution in [-0.2, 0) is 9.53 Å². The van der Waals surface area contributed by atoms with Crippen molar-refractivity contribution in [1.82, 2.24) is 10.2 Å². The predicted octanol–water partition coefficient (Wildman–Crippen LogP) is 1.60. The van der Waals surface area contributed by atoms with Crippen molar-refractivity contribution in [3.05, 3.63) is 0 Å². The molecule has 1 aliphatic heterocycles. The fraction of sp³-hybridized carbons (Fsp3) is 0.833. The van der Waals surface area contributed by atoms with E-state index in [1.165, 1.54) is 0 Å². The third-order valence-corrected chi connectivity index (χ3v) is 3.00. The molecular weight excluding hydrogens is 256 g/mol. The van der Waals surface area contributed by atoms with Gasteiger partial charge in [0.05, 0.1) is 0 Å². The van der Waals surface area contributed by atoms with Gasteiger partial charge in [-0.25, -0.2) is 4.79 Å². The van der Waals surface area contributed by atoms with Crippen LogP contribution in [0, 0.1) is 5.92 Å². The number of nitrogens with zero attached hydrogens (tertiary/aromatic N) is 1. The van der Waals surface area contributed by atoms with E-state index in [1.54, 1.807) is 4.90 Å². The second-order valence-electron chi connectivity index (χ2n) is 5.49. The van der Waals surface area contributed by atoms with Crippen LogP contribution in [0.4, 0.5) is 4.79 Å². The number of ether oxygens (including phenoxy) is 1. The van der Waals surface area contributed by atoms with Gasteiger partial charge in [0, 0.05) is 31.9 Å². The van der Waals surface area contributed by atoms with E-state index >= 15 is 0 Å². The molecule has 0 aromatic rings. The van der Waals surface area contributed by atoms with Crippen molar-refractivity contribution in [2.24, 2.45) is 5.92 Å². The number of hydrogen-bond donors (Lipinski definition) is 1. The van der Waals surface area contributed by atoms with Crippen LogP contribution >= 0.6 is 11.6 Å². The Morgan fingerprint density at radius 2 is 2.22 bits per heavy atom. The molecule has 18 heavy (non-hydrogen) atoms. The largest absolute Gasteiger partial charge is 0.444 e. The first kappa shape index (κ1) is 15.1. The highest BCUT2D eigenvalue weighted by atomic mass is 35.5. The number of carbonyl (C=O) groups excluding carboxylic acids is 2. The van der Waals surface area contributed by atoms with Crippen LogP contribution in [0.25, 0.3) is 0 Å². The molecule has 1 rings (SSSR count). The Bertz CT molecular complexity index is 315.